The summed E-state index contributed by atoms with van der Waals surface area (Å²) in [6, 6.07) is 5.53. The Labute approximate surface area is 137 Å². The largest absolute Gasteiger partial charge is 0.497 e. The molecule has 2 N–H and O–H groups in total. The van der Waals surface area contributed by atoms with Crippen molar-refractivity contribution in [1.29, 1.82) is 0 Å². The number of methoxy groups -OCH3 is 2. The molecule has 2 rings (SSSR count). The molecule has 1 aliphatic rings. The van der Waals surface area contributed by atoms with E-state index in [1.807, 2.05) is 18.2 Å². The van der Waals surface area contributed by atoms with E-state index in [2.05, 4.69) is 5.32 Å². The third-order valence-electron chi connectivity index (χ3n) is 4.22. The van der Waals surface area contributed by atoms with Gasteiger partial charge in [0, 0.05) is 24.6 Å². The summed E-state index contributed by atoms with van der Waals surface area (Å²) < 4.78 is 10.6. The van der Waals surface area contributed by atoms with E-state index in [0.29, 0.717) is 18.8 Å². The zero-order valence-corrected chi connectivity index (χ0v) is 13.9. The summed E-state index contributed by atoms with van der Waals surface area (Å²) in [6.45, 7) is 2.41. The van der Waals surface area contributed by atoms with Gasteiger partial charge in [-0.25, -0.2) is 0 Å². The second-order valence-electron chi connectivity index (χ2n) is 5.69. The fourth-order valence-electron chi connectivity index (χ4n) is 2.93. The lowest BCUT2D eigenvalue weighted by molar-refractivity contribution is -0.137. The van der Waals surface area contributed by atoms with Crippen molar-refractivity contribution in [3.05, 3.63) is 23.8 Å². The van der Waals surface area contributed by atoms with E-state index in [-0.39, 0.29) is 18.4 Å². The average molecular weight is 322 g/mol. The van der Waals surface area contributed by atoms with Crippen molar-refractivity contribution in [2.45, 2.75) is 19.4 Å². The van der Waals surface area contributed by atoms with Gasteiger partial charge in [0.15, 0.2) is 0 Å². The van der Waals surface area contributed by atoms with Crippen LogP contribution in [0.1, 0.15) is 18.4 Å². The van der Waals surface area contributed by atoms with Crippen LogP contribution >= 0.6 is 0 Å². The van der Waals surface area contributed by atoms with Crippen LogP contribution in [-0.4, -0.2) is 56.4 Å². The third kappa shape index (κ3) is 4.59. The van der Waals surface area contributed by atoms with Gasteiger partial charge < -0.3 is 24.8 Å². The van der Waals surface area contributed by atoms with Gasteiger partial charge in [0.05, 0.1) is 20.8 Å². The summed E-state index contributed by atoms with van der Waals surface area (Å²) >= 11 is 0. The standard InChI is InChI=1S/C17H26N2O4/c1-22-15-3-4-16(23-2)14(11-15)12-19(9-10-20)17(21)13-5-7-18-8-6-13/h3-4,11,13,18,20H,5-10,12H2,1-2H3. The second kappa shape index (κ2) is 8.74. The van der Waals surface area contributed by atoms with Crippen molar-refractivity contribution in [2.75, 3.05) is 40.5 Å². The molecule has 0 aliphatic carbocycles. The lowest BCUT2D eigenvalue weighted by atomic mass is 9.96. The van der Waals surface area contributed by atoms with Gasteiger partial charge in [0.25, 0.3) is 0 Å². The number of nitrogens with zero attached hydrogens (tertiary/aromatic N) is 1. The molecule has 1 saturated heterocycles. The Morgan fingerprint density at radius 3 is 2.65 bits per heavy atom. The SMILES string of the molecule is COc1ccc(OC)c(CN(CCO)C(=O)C2CCNCC2)c1. The van der Waals surface area contributed by atoms with Crippen molar-refractivity contribution < 1.29 is 19.4 Å². The first-order valence-corrected chi connectivity index (χ1v) is 8.01. The highest BCUT2D eigenvalue weighted by Gasteiger charge is 2.26. The molecule has 0 bridgehead atoms. The summed E-state index contributed by atoms with van der Waals surface area (Å²) in [4.78, 5) is 14.5. The number of ether oxygens (including phenoxy) is 2. The Morgan fingerprint density at radius 2 is 2.04 bits per heavy atom. The van der Waals surface area contributed by atoms with E-state index in [9.17, 15) is 9.90 Å². The quantitative estimate of drug-likeness (QED) is 0.784. The van der Waals surface area contributed by atoms with Gasteiger partial charge >= 0.3 is 0 Å². The molecule has 1 amide bonds. The summed E-state index contributed by atoms with van der Waals surface area (Å²) in [5, 5.41) is 12.6. The maximum atomic E-state index is 12.8. The predicted octanol–water partition coefficient (Wildman–Crippen LogP) is 1.02. The number of benzene rings is 1. The van der Waals surface area contributed by atoms with E-state index in [1.165, 1.54) is 0 Å². The second-order valence-corrected chi connectivity index (χ2v) is 5.69. The number of nitrogens with one attached hydrogen (secondary N) is 1. The average Bonchev–Trinajstić information content (AvgIpc) is 2.61. The minimum absolute atomic E-state index is 0.0272. The van der Waals surface area contributed by atoms with Crippen LogP contribution in [-0.2, 0) is 11.3 Å². The van der Waals surface area contributed by atoms with Crippen LogP contribution in [0.5, 0.6) is 11.5 Å². The Bertz CT molecular complexity index is 515. The van der Waals surface area contributed by atoms with Gasteiger partial charge in [-0.3, -0.25) is 4.79 Å². The molecule has 1 fully saturated rings. The summed E-state index contributed by atoms with van der Waals surface area (Å²) in [7, 11) is 3.22. The first kappa shape index (κ1) is 17.6. The third-order valence-corrected chi connectivity index (χ3v) is 4.22. The number of aliphatic hydroxyl groups is 1. The minimum Gasteiger partial charge on any atom is -0.497 e. The summed E-state index contributed by atoms with van der Waals surface area (Å²) in [5.74, 6) is 1.57. The lowest BCUT2D eigenvalue weighted by Gasteiger charge is -2.29. The molecule has 1 aromatic carbocycles. The monoisotopic (exact) mass is 322 g/mol. The topological polar surface area (TPSA) is 71.0 Å². The van der Waals surface area contributed by atoms with Crippen molar-refractivity contribution in [2.24, 2.45) is 5.92 Å². The molecule has 0 radical (unpaired) electrons. The minimum atomic E-state index is -0.0526. The molecule has 0 spiro atoms. The van der Waals surface area contributed by atoms with E-state index in [0.717, 1.165) is 37.2 Å². The molecule has 0 atom stereocenters. The van der Waals surface area contributed by atoms with Gasteiger partial charge in [-0.05, 0) is 44.1 Å². The number of aliphatic hydroxyl groups excluding tert-OH is 1. The Kier molecular flexibility index (Phi) is 6.67. The number of piperidine rings is 1. The lowest BCUT2D eigenvalue weighted by Crippen LogP contribution is -2.41. The van der Waals surface area contributed by atoms with Crippen LogP contribution < -0.4 is 14.8 Å². The van der Waals surface area contributed by atoms with Crippen LogP contribution in [0.4, 0.5) is 0 Å². The number of rotatable bonds is 7. The first-order valence-electron chi connectivity index (χ1n) is 8.01. The number of carbonyl (C=O) groups excluding carboxylic acids is 1. The van der Waals surface area contributed by atoms with Crippen LogP contribution in [0, 0.1) is 5.92 Å². The zero-order valence-electron chi connectivity index (χ0n) is 13.9. The Morgan fingerprint density at radius 1 is 1.30 bits per heavy atom. The molecule has 0 aromatic heterocycles. The maximum Gasteiger partial charge on any atom is 0.226 e. The molecule has 128 valence electrons. The summed E-state index contributed by atoms with van der Waals surface area (Å²) in [6.07, 6.45) is 1.69. The predicted molar refractivity (Wildman–Crippen MR) is 87.6 cm³/mol. The van der Waals surface area contributed by atoms with Gasteiger partial charge in [-0.2, -0.15) is 0 Å². The summed E-state index contributed by atoms with van der Waals surface area (Å²) in [5.41, 5.74) is 0.877. The van der Waals surface area contributed by atoms with E-state index in [4.69, 9.17) is 9.47 Å². The highest BCUT2D eigenvalue weighted by atomic mass is 16.5. The Hall–Kier alpha value is -1.79. The fourth-order valence-corrected chi connectivity index (χ4v) is 2.93. The van der Waals surface area contributed by atoms with Crippen LogP contribution in [0.2, 0.25) is 0 Å². The number of carbonyl (C=O) groups is 1. The first-order chi connectivity index (χ1) is 11.2. The molecule has 0 saturated carbocycles. The molecule has 1 aromatic rings. The van der Waals surface area contributed by atoms with Gasteiger partial charge in [0.2, 0.25) is 5.91 Å². The van der Waals surface area contributed by atoms with Crippen molar-refractivity contribution >= 4 is 5.91 Å². The van der Waals surface area contributed by atoms with Gasteiger partial charge in [-0.1, -0.05) is 0 Å². The smallest absolute Gasteiger partial charge is 0.226 e. The number of amides is 1. The number of hydrogen-bond acceptors (Lipinski definition) is 5. The highest BCUT2D eigenvalue weighted by Crippen LogP contribution is 2.26. The molecular weight excluding hydrogens is 296 g/mol. The van der Waals surface area contributed by atoms with Crippen molar-refractivity contribution in [3.8, 4) is 11.5 Å². The van der Waals surface area contributed by atoms with E-state index < -0.39 is 0 Å². The van der Waals surface area contributed by atoms with Crippen LogP contribution in [0.25, 0.3) is 0 Å². The van der Waals surface area contributed by atoms with Crippen molar-refractivity contribution in [1.82, 2.24) is 10.2 Å². The van der Waals surface area contributed by atoms with Crippen molar-refractivity contribution in [3.63, 3.8) is 0 Å². The van der Waals surface area contributed by atoms with Gasteiger partial charge in [-0.15, -0.1) is 0 Å². The van der Waals surface area contributed by atoms with Crippen LogP contribution in [0.15, 0.2) is 18.2 Å². The maximum absolute atomic E-state index is 12.8. The normalized spacial score (nSPS) is 15.3. The molecule has 6 nitrogen and oxygen atoms in total. The molecule has 6 heteroatoms. The molecular formula is C17H26N2O4. The Balaban J connectivity index is 2.16. The number of hydrogen-bond donors (Lipinski definition) is 2. The molecule has 1 aliphatic heterocycles. The molecule has 0 unspecified atom stereocenters. The fraction of sp³-hybridized carbons (Fsp3) is 0.588. The molecule has 1 heterocycles. The zero-order chi connectivity index (χ0) is 16.7. The van der Waals surface area contributed by atoms with E-state index in [1.54, 1.807) is 19.1 Å². The van der Waals surface area contributed by atoms with Crippen LogP contribution in [0.3, 0.4) is 0 Å². The molecule has 23 heavy (non-hydrogen) atoms. The van der Waals surface area contributed by atoms with E-state index >= 15 is 0 Å². The van der Waals surface area contributed by atoms with Gasteiger partial charge in [0.1, 0.15) is 11.5 Å². The highest BCUT2D eigenvalue weighted by molar-refractivity contribution is 5.79.